The van der Waals surface area contributed by atoms with Gasteiger partial charge in [0.1, 0.15) is 11.6 Å². The van der Waals surface area contributed by atoms with Crippen LogP contribution in [0.15, 0.2) is 18.2 Å². The van der Waals surface area contributed by atoms with Gasteiger partial charge in [-0.25, -0.2) is 4.39 Å². The Balaban J connectivity index is 0.00000128. The van der Waals surface area contributed by atoms with Crippen molar-refractivity contribution in [1.29, 1.82) is 5.26 Å². The minimum atomic E-state index is -0.557. The zero-order chi connectivity index (χ0) is 10.8. The monoisotopic (exact) mass is 242 g/mol. The number of fused-ring (bicyclic) bond motifs is 1. The van der Waals surface area contributed by atoms with Gasteiger partial charge in [-0.2, -0.15) is 5.26 Å². The van der Waals surface area contributed by atoms with Crippen molar-refractivity contribution in [3.8, 4) is 11.8 Å². The van der Waals surface area contributed by atoms with Crippen molar-refractivity contribution in [2.75, 3.05) is 6.61 Å². The van der Waals surface area contributed by atoms with Crippen LogP contribution in [0.2, 0.25) is 0 Å². The number of benzene rings is 1. The molecule has 2 N–H and O–H groups in total. The highest BCUT2D eigenvalue weighted by Gasteiger charge is 2.26. The molecule has 86 valence electrons. The molecule has 1 aliphatic heterocycles. The van der Waals surface area contributed by atoms with E-state index in [-0.39, 0.29) is 24.1 Å². The summed E-state index contributed by atoms with van der Waals surface area (Å²) in [5.74, 6) is 0.122. The van der Waals surface area contributed by atoms with Gasteiger partial charge < -0.3 is 10.5 Å². The fraction of sp³-hybridized carbons (Fsp3) is 0.364. The highest BCUT2D eigenvalue weighted by atomic mass is 35.5. The maximum Gasteiger partial charge on any atom is 0.126 e. The van der Waals surface area contributed by atoms with Crippen molar-refractivity contribution in [3.05, 3.63) is 29.6 Å². The minimum absolute atomic E-state index is 0. The molecule has 1 aromatic rings. The van der Waals surface area contributed by atoms with Crippen LogP contribution in [0, 0.1) is 17.1 Å². The second-order valence-corrected chi connectivity index (χ2v) is 3.58. The molecule has 0 fully saturated rings. The first-order valence-electron chi connectivity index (χ1n) is 4.80. The molecule has 1 aromatic carbocycles. The lowest BCUT2D eigenvalue weighted by molar-refractivity contribution is 0.261. The maximum atomic E-state index is 12.9. The molecule has 2 rings (SSSR count). The van der Waals surface area contributed by atoms with Crippen LogP contribution in [0.1, 0.15) is 17.9 Å². The minimum Gasteiger partial charge on any atom is -0.493 e. The van der Waals surface area contributed by atoms with E-state index < -0.39 is 6.04 Å². The number of nitrogens with two attached hydrogens (primary N) is 1. The normalized spacial score (nSPS) is 19.7. The average molecular weight is 243 g/mol. The van der Waals surface area contributed by atoms with Crippen LogP contribution in [0.25, 0.3) is 0 Å². The van der Waals surface area contributed by atoms with Gasteiger partial charge in [-0.05, 0) is 12.5 Å². The van der Waals surface area contributed by atoms with E-state index in [9.17, 15) is 4.39 Å². The van der Waals surface area contributed by atoms with Gasteiger partial charge in [-0.15, -0.1) is 12.4 Å². The van der Waals surface area contributed by atoms with Crippen molar-refractivity contribution in [2.45, 2.75) is 18.4 Å². The Bertz CT molecular complexity index is 419. The van der Waals surface area contributed by atoms with E-state index in [0.29, 0.717) is 18.8 Å². The fourth-order valence-corrected chi connectivity index (χ4v) is 1.85. The highest BCUT2D eigenvalue weighted by molar-refractivity contribution is 5.85. The summed E-state index contributed by atoms with van der Waals surface area (Å²) >= 11 is 0. The lowest BCUT2D eigenvalue weighted by Gasteiger charge is -2.27. The number of nitrogens with zero attached hydrogens (tertiary/aromatic N) is 1. The molecule has 0 aromatic heterocycles. The zero-order valence-electron chi connectivity index (χ0n) is 8.52. The molecular formula is C11H12ClFN2O. The van der Waals surface area contributed by atoms with E-state index in [1.54, 1.807) is 6.07 Å². The molecule has 3 nitrogen and oxygen atoms in total. The van der Waals surface area contributed by atoms with Crippen molar-refractivity contribution < 1.29 is 9.13 Å². The van der Waals surface area contributed by atoms with Crippen LogP contribution >= 0.6 is 12.4 Å². The molecular weight excluding hydrogens is 231 g/mol. The molecule has 5 heteroatoms. The van der Waals surface area contributed by atoms with Crippen LogP contribution in [0.5, 0.6) is 5.75 Å². The SMILES string of the molecule is Cl.N#C[C@@H](N)[C@H]1CCOc2cc(F)ccc21. The first-order valence-corrected chi connectivity index (χ1v) is 4.80. The summed E-state index contributed by atoms with van der Waals surface area (Å²) in [5, 5.41) is 8.78. The van der Waals surface area contributed by atoms with Gasteiger partial charge in [0.15, 0.2) is 0 Å². The van der Waals surface area contributed by atoms with Gasteiger partial charge >= 0.3 is 0 Å². The number of halogens is 2. The van der Waals surface area contributed by atoms with E-state index in [1.807, 2.05) is 6.07 Å². The lowest BCUT2D eigenvalue weighted by atomic mass is 9.88. The molecule has 0 spiro atoms. The van der Waals surface area contributed by atoms with E-state index >= 15 is 0 Å². The molecule has 1 heterocycles. The third kappa shape index (κ3) is 2.26. The molecule has 1 aliphatic rings. The van der Waals surface area contributed by atoms with Crippen molar-refractivity contribution in [1.82, 2.24) is 0 Å². The molecule has 0 unspecified atom stereocenters. The first kappa shape index (κ1) is 12.8. The summed E-state index contributed by atoms with van der Waals surface area (Å²) in [7, 11) is 0. The van der Waals surface area contributed by atoms with E-state index in [4.69, 9.17) is 15.7 Å². The Morgan fingerprint density at radius 1 is 1.56 bits per heavy atom. The van der Waals surface area contributed by atoms with Crippen molar-refractivity contribution in [2.24, 2.45) is 5.73 Å². The van der Waals surface area contributed by atoms with E-state index in [1.165, 1.54) is 12.1 Å². The van der Waals surface area contributed by atoms with Gasteiger partial charge in [0.05, 0.1) is 18.7 Å². The van der Waals surface area contributed by atoms with Crippen LogP contribution in [0.3, 0.4) is 0 Å². The summed E-state index contributed by atoms with van der Waals surface area (Å²) < 4.78 is 18.3. The second-order valence-electron chi connectivity index (χ2n) is 3.58. The number of rotatable bonds is 1. The number of hydrogen-bond donors (Lipinski definition) is 1. The fourth-order valence-electron chi connectivity index (χ4n) is 1.85. The molecule has 0 saturated carbocycles. The van der Waals surface area contributed by atoms with Gasteiger partial charge in [0.2, 0.25) is 0 Å². The number of nitriles is 1. The summed E-state index contributed by atoms with van der Waals surface area (Å²) in [4.78, 5) is 0. The Hall–Kier alpha value is -1.31. The van der Waals surface area contributed by atoms with Crippen LogP contribution in [-0.2, 0) is 0 Å². The standard InChI is InChI=1S/C11H11FN2O.ClH/c12-7-1-2-9-8(10(14)6-13)3-4-15-11(9)5-7;/h1-2,5,8,10H,3-4,14H2;1H/t8-,10+;/m0./s1. The predicted octanol–water partition coefficient (Wildman–Crippen LogP) is 1.96. The molecule has 2 atom stereocenters. The Morgan fingerprint density at radius 2 is 2.31 bits per heavy atom. The maximum absolute atomic E-state index is 12.9. The highest BCUT2D eigenvalue weighted by Crippen LogP contribution is 2.35. The Kier molecular flexibility index (Phi) is 4.11. The summed E-state index contributed by atoms with van der Waals surface area (Å²) in [6, 6.07) is 5.81. The summed E-state index contributed by atoms with van der Waals surface area (Å²) in [6.45, 7) is 0.483. The van der Waals surface area contributed by atoms with Crippen molar-refractivity contribution in [3.63, 3.8) is 0 Å². The molecule has 0 amide bonds. The Labute approximate surface area is 99.4 Å². The smallest absolute Gasteiger partial charge is 0.126 e. The van der Waals surface area contributed by atoms with E-state index in [0.717, 1.165) is 5.56 Å². The molecule has 0 radical (unpaired) electrons. The molecule has 0 saturated heterocycles. The third-order valence-corrected chi connectivity index (χ3v) is 2.64. The molecule has 0 bridgehead atoms. The van der Waals surface area contributed by atoms with Gasteiger partial charge in [0, 0.05) is 17.5 Å². The van der Waals surface area contributed by atoms with Crippen molar-refractivity contribution >= 4 is 12.4 Å². The van der Waals surface area contributed by atoms with Crippen LogP contribution in [-0.4, -0.2) is 12.6 Å². The van der Waals surface area contributed by atoms with Gasteiger partial charge in [-0.1, -0.05) is 6.07 Å². The summed E-state index contributed by atoms with van der Waals surface area (Å²) in [6.07, 6.45) is 0.702. The number of hydrogen-bond acceptors (Lipinski definition) is 3. The van der Waals surface area contributed by atoms with E-state index in [2.05, 4.69) is 0 Å². The largest absolute Gasteiger partial charge is 0.493 e. The molecule has 16 heavy (non-hydrogen) atoms. The quantitative estimate of drug-likeness (QED) is 0.819. The zero-order valence-corrected chi connectivity index (χ0v) is 9.34. The Morgan fingerprint density at radius 3 is 3.00 bits per heavy atom. The van der Waals surface area contributed by atoms with Crippen LogP contribution in [0.4, 0.5) is 4.39 Å². The van der Waals surface area contributed by atoms with Gasteiger partial charge in [-0.3, -0.25) is 0 Å². The second kappa shape index (κ2) is 5.15. The predicted molar refractivity (Wildman–Crippen MR) is 60.1 cm³/mol. The van der Waals surface area contributed by atoms with Crippen LogP contribution < -0.4 is 10.5 Å². The lowest BCUT2D eigenvalue weighted by Crippen LogP contribution is -2.30. The van der Waals surface area contributed by atoms with Gasteiger partial charge in [0.25, 0.3) is 0 Å². The summed E-state index contributed by atoms with van der Waals surface area (Å²) in [5.41, 5.74) is 6.52. The molecule has 0 aliphatic carbocycles. The number of ether oxygens (including phenoxy) is 1. The topological polar surface area (TPSA) is 59.0 Å². The average Bonchev–Trinajstić information content (AvgIpc) is 2.26. The third-order valence-electron chi connectivity index (χ3n) is 2.64. The first-order chi connectivity index (χ1) is 7.22.